The van der Waals surface area contributed by atoms with Crippen molar-refractivity contribution in [1.82, 2.24) is 9.88 Å². The normalized spacial score (nSPS) is 15.0. The van der Waals surface area contributed by atoms with Crippen LogP contribution in [0.5, 0.6) is 0 Å². The van der Waals surface area contributed by atoms with Crippen molar-refractivity contribution < 1.29 is 18.7 Å². The van der Waals surface area contributed by atoms with Crippen molar-refractivity contribution in [1.29, 1.82) is 0 Å². The number of hydrogen-bond donors (Lipinski definition) is 0. The molecule has 0 atom stereocenters. The molecule has 0 saturated carbocycles. The van der Waals surface area contributed by atoms with Crippen LogP contribution in [0.25, 0.3) is 11.3 Å². The second kappa shape index (κ2) is 9.04. The van der Waals surface area contributed by atoms with E-state index in [1.807, 2.05) is 18.2 Å². The minimum Gasteiger partial charge on any atom is -0.466 e. The van der Waals surface area contributed by atoms with E-state index in [0.717, 1.165) is 5.56 Å². The molecule has 6 nitrogen and oxygen atoms in total. The Kier molecular flexibility index (Phi) is 6.50. The number of oxazole rings is 1. The number of halogens is 1. The van der Waals surface area contributed by atoms with Gasteiger partial charge in [-0.25, -0.2) is 4.98 Å². The van der Waals surface area contributed by atoms with Gasteiger partial charge in [0.2, 0.25) is 5.91 Å². The van der Waals surface area contributed by atoms with Crippen LogP contribution in [0.4, 0.5) is 0 Å². The number of benzene rings is 1. The molecule has 1 amide bonds. The predicted molar refractivity (Wildman–Crippen MR) is 101 cm³/mol. The van der Waals surface area contributed by atoms with Crippen LogP contribution in [0.3, 0.4) is 0 Å². The molecule has 27 heavy (non-hydrogen) atoms. The highest BCUT2D eigenvalue weighted by Gasteiger charge is 2.28. The first-order valence-corrected chi connectivity index (χ1v) is 9.60. The number of likely N-dealkylation sites (tertiary alicyclic amines) is 1. The second-order valence-electron chi connectivity index (χ2n) is 6.51. The van der Waals surface area contributed by atoms with Crippen LogP contribution in [-0.2, 0) is 20.7 Å². The lowest BCUT2D eigenvalue weighted by molar-refractivity contribution is -0.151. The molecule has 1 aromatic carbocycles. The summed E-state index contributed by atoms with van der Waals surface area (Å²) in [5.74, 6) is 0.906. The van der Waals surface area contributed by atoms with Crippen molar-refractivity contribution in [3.63, 3.8) is 0 Å². The van der Waals surface area contributed by atoms with Crippen LogP contribution in [0.1, 0.15) is 32.1 Å². The average molecular weight is 391 g/mol. The van der Waals surface area contributed by atoms with Crippen molar-refractivity contribution >= 4 is 23.5 Å². The van der Waals surface area contributed by atoms with E-state index in [-0.39, 0.29) is 17.8 Å². The molecule has 1 fully saturated rings. The number of piperidine rings is 1. The van der Waals surface area contributed by atoms with Gasteiger partial charge in [-0.3, -0.25) is 9.59 Å². The lowest BCUT2D eigenvalue weighted by Gasteiger charge is -2.30. The predicted octanol–water partition coefficient (Wildman–Crippen LogP) is 3.73. The fourth-order valence-electron chi connectivity index (χ4n) is 3.21. The van der Waals surface area contributed by atoms with Gasteiger partial charge < -0.3 is 14.1 Å². The lowest BCUT2D eigenvalue weighted by Crippen LogP contribution is -2.40. The van der Waals surface area contributed by atoms with Gasteiger partial charge in [-0.15, -0.1) is 0 Å². The van der Waals surface area contributed by atoms with Gasteiger partial charge in [0, 0.05) is 31.5 Å². The Bertz CT molecular complexity index is 797. The summed E-state index contributed by atoms with van der Waals surface area (Å²) in [7, 11) is 0. The van der Waals surface area contributed by atoms with Gasteiger partial charge in [-0.05, 0) is 31.9 Å². The third-order valence-electron chi connectivity index (χ3n) is 4.71. The Morgan fingerprint density at radius 2 is 2.04 bits per heavy atom. The van der Waals surface area contributed by atoms with E-state index in [9.17, 15) is 9.59 Å². The third-order valence-corrected chi connectivity index (χ3v) is 5.04. The lowest BCUT2D eigenvalue weighted by atomic mass is 9.97. The van der Waals surface area contributed by atoms with E-state index in [4.69, 9.17) is 20.8 Å². The second-order valence-corrected chi connectivity index (χ2v) is 6.91. The number of nitrogens with zero attached hydrogens (tertiary/aromatic N) is 2. The van der Waals surface area contributed by atoms with Crippen molar-refractivity contribution in [2.45, 2.75) is 32.6 Å². The molecule has 0 spiro atoms. The molecule has 3 rings (SSSR count). The zero-order valence-corrected chi connectivity index (χ0v) is 16.1. The first-order valence-electron chi connectivity index (χ1n) is 9.22. The Morgan fingerprint density at radius 1 is 1.30 bits per heavy atom. The first-order chi connectivity index (χ1) is 13.1. The number of aryl methyl sites for hydroxylation is 1. The van der Waals surface area contributed by atoms with E-state index < -0.39 is 0 Å². The number of carbonyl (C=O) groups is 2. The summed E-state index contributed by atoms with van der Waals surface area (Å²) in [6.07, 6.45) is 3.69. The maximum atomic E-state index is 12.4. The molecule has 1 aliphatic rings. The van der Waals surface area contributed by atoms with E-state index in [1.165, 1.54) is 0 Å². The monoisotopic (exact) mass is 390 g/mol. The Morgan fingerprint density at radius 3 is 2.74 bits per heavy atom. The molecular formula is C20H23ClN2O4. The van der Waals surface area contributed by atoms with Crippen molar-refractivity contribution in [3.8, 4) is 11.3 Å². The fraction of sp³-hybridized carbons (Fsp3) is 0.450. The topological polar surface area (TPSA) is 72.6 Å². The number of amides is 1. The summed E-state index contributed by atoms with van der Waals surface area (Å²) in [6.45, 7) is 3.36. The van der Waals surface area contributed by atoms with Gasteiger partial charge in [0.05, 0.1) is 23.7 Å². The van der Waals surface area contributed by atoms with Crippen LogP contribution < -0.4 is 0 Å². The molecule has 1 aromatic heterocycles. The third kappa shape index (κ3) is 4.89. The summed E-state index contributed by atoms with van der Waals surface area (Å²) in [5, 5.41) is 0.598. The molecule has 0 aliphatic carbocycles. The van der Waals surface area contributed by atoms with E-state index in [2.05, 4.69) is 4.98 Å². The van der Waals surface area contributed by atoms with Crippen LogP contribution in [0.2, 0.25) is 5.02 Å². The summed E-state index contributed by atoms with van der Waals surface area (Å²) >= 11 is 6.17. The van der Waals surface area contributed by atoms with Gasteiger partial charge in [0.1, 0.15) is 0 Å². The SMILES string of the molecule is CCOC(=O)C1CCN(C(=O)CCc2ncc(-c3ccccc3Cl)o2)CC1. The first kappa shape index (κ1) is 19.4. The molecule has 1 saturated heterocycles. The van der Waals surface area contributed by atoms with Crippen molar-refractivity contribution in [2.24, 2.45) is 5.92 Å². The van der Waals surface area contributed by atoms with Crippen LogP contribution in [0.15, 0.2) is 34.9 Å². The zero-order chi connectivity index (χ0) is 19.2. The Balaban J connectivity index is 1.49. The molecule has 0 unspecified atom stereocenters. The highest BCUT2D eigenvalue weighted by molar-refractivity contribution is 6.33. The van der Waals surface area contributed by atoms with Gasteiger partial charge in [0.25, 0.3) is 0 Å². The molecule has 1 aliphatic heterocycles. The number of aromatic nitrogens is 1. The minimum absolute atomic E-state index is 0.0507. The summed E-state index contributed by atoms with van der Waals surface area (Å²) in [5.41, 5.74) is 0.783. The van der Waals surface area contributed by atoms with Gasteiger partial charge >= 0.3 is 5.97 Å². The smallest absolute Gasteiger partial charge is 0.309 e. The average Bonchev–Trinajstić information content (AvgIpc) is 3.15. The molecule has 2 aromatic rings. The zero-order valence-electron chi connectivity index (χ0n) is 15.3. The van der Waals surface area contributed by atoms with Gasteiger partial charge in [-0.2, -0.15) is 0 Å². The van der Waals surface area contributed by atoms with Gasteiger partial charge in [-0.1, -0.05) is 23.7 Å². The molecular weight excluding hydrogens is 368 g/mol. The number of carbonyl (C=O) groups excluding carboxylic acids is 2. The summed E-state index contributed by atoms with van der Waals surface area (Å²) < 4.78 is 10.8. The molecule has 7 heteroatoms. The highest BCUT2D eigenvalue weighted by atomic mass is 35.5. The largest absolute Gasteiger partial charge is 0.466 e. The number of rotatable bonds is 6. The summed E-state index contributed by atoms with van der Waals surface area (Å²) in [6, 6.07) is 7.40. The maximum absolute atomic E-state index is 12.4. The standard InChI is InChI=1S/C20H23ClN2O4/c1-2-26-20(25)14-9-11-23(12-10-14)19(24)8-7-18-22-13-17(27-18)15-5-3-4-6-16(15)21/h3-6,13-14H,2,7-12H2,1H3. The van der Waals surface area contributed by atoms with Crippen LogP contribution in [-0.4, -0.2) is 41.5 Å². The van der Waals surface area contributed by atoms with Gasteiger partial charge in [0.15, 0.2) is 11.7 Å². The minimum atomic E-state index is -0.156. The number of esters is 1. The van der Waals surface area contributed by atoms with Crippen LogP contribution in [0, 0.1) is 5.92 Å². The molecule has 0 bridgehead atoms. The number of hydrogen-bond acceptors (Lipinski definition) is 5. The van der Waals surface area contributed by atoms with E-state index in [0.29, 0.717) is 62.1 Å². The Hall–Kier alpha value is -2.34. The molecule has 0 N–H and O–H groups in total. The maximum Gasteiger partial charge on any atom is 0.309 e. The van der Waals surface area contributed by atoms with E-state index in [1.54, 1.807) is 24.1 Å². The summed E-state index contributed by atoms with van der Waals surface area (Å²) in [4.78, 5) is 30.2. The van der Waals surface area contributed by atoms with Crippen molar-refractivity contribution in [2.75, 3.05) is 19.7 Å². The Labute approximate surface area is 163 Å². The molecule has 0 radical (unpaired) electrons. The van der Waals surface area contributed by atoms with Crippen molar-refractivity contribution in [3.05, 3.63) is 41.4 Å². The highest BCUT2D eigenvalue weighted by Crippen LogP contribution is 2.28. The molecule has 2 heterocycles. The quantitative estimate of drug-likeness (QED) is 0.702. The van der Waals surface area contributed by atoms with E-state index >= 15 is 0 Å². The fourth-order valence-corrected chi connectivity index (χ4v) is 3.44. The number of ether oxygens (including phenoxy) is 1. The van der Waals surface area contributed by atoms with Crippen LogP contribution >= 0.6 is 11.6 Å². The molecule has 144 valence electrons.